The third kappa shape index (κ3) is 3.84. The van der Waals surface area contributed by atoms with Crippen LogP contribution < -0.4 is 9.47 Å². The smallest absolute Gasteiger partial charge is 0.254 e. The highest BCUT2D eigenvalue weighted by Crippen LogP contribution is 2.27. The summed E-state index contributed by atoms with van der Waals surface area (Å²) in [4.78, 5) is 19.0. The summed E-state index contributed by atoms with van der Waals surface area (Å²) in [5.74, 6) is 0.777. The maximum Gasteiger partial charge on any atom is 0.254 e. The Bertz CT molecular complexity index is 999. The molecular weight excluding hydrogens is 347 g/mol. The highest BCUT2D eigenvalue weighted by molar-refractivity contribution is 6.06. The Labute approximate surface area is 157 Å². The molecule has 6 heteroatoms. The Kier molecular flexibility index (Phi) is 5.26. The number of aromatic nitrogens is 1. The van der Waals surface area contributed by atoms with Crippen molar-refractivity contribution >= 4 is 16.8 Å². The average Bonchev–Trinajstić information content (AvgIpc) is 2.66. The van der Waals surface area contributed by atoms with Crippen LogP contribution in [0.5, 0.6) is 11.5 Å². The molecule has 0 bridgehead atoms. The minimum atomic E-state index is -0.379. The molecule has 0 fully saturated rings. The Morgan fingerprint density at radius 3 is 2.59 bits per heavy atom. The molecule has 3 rings (SSSR count). The molecule has 27 heavy (non-hydrogen) atoms. The van der Waals surface area contributed by atoms with Gasteiger partial charge in [0.05, 0.1) is 25.3 Å². The summed E-state index contributed by atoms with van der Waals surface area (Å²) >= 11 is 0. The number of aryl methyl sites for hydroxylation is 1. The topological polar surface area (TPSA) is 51.7 Å². The van der Waals surface area contributed by atoms with E-state index >= 15 is 0 Å². The fourth-order valence-electron chi connectivity index (χ4n) is 3.03. The van der Waals surface area contributed by atoms with Gasteiger partial charge >= 0.3 is 0 Å². The zero-order valence-corrected chi connectivity index (χ0v) is 15.7. The Hall–Kier alpha value is -3.15. The van der Waals surface area contributed by atoms with Gasteiger partial charge in [0.1, 0.15) is 17.3 Å². The van der Waals surface area contributed by atoms with Gasteiger partial charge in [0.25, 0.3) is 5.91 Å². The van der Waals surface area contributed by atoms with Crippen molar-refractivity contribution in [3.63, 3.8) is 0 Å². The van der Waals surface area contributed by atoms with E-state index in [2.05, 4.69) is 4.98 Å². The third-order valence-corrected chi connectivity index (χ3v) is 4.38. The van der Waals surface area contributed by atoms with Crippen LogP contribution in [0.25, 0.3) is 10.9 Å². The molecule has 0 atom stereocenters. The maximum atomic E-state index is 13.5. The zero-order valence-electron chi connectivity index (χ0n) is 15.7. The van der Waals surface area contributed by atoms with Crippen molar-refractivity contribution in [2.24, 2.45) is 0 Å². The first-order valence-electron chi connectivity index (χ1n) is 8.46. The number of fused-ring (bicyclic) bond motifs is 1. The van der Waals surface area contributed by atoms with Gasteiger partial charge in [-0.2, -0.15) is 0 Å². The molecule has 3 aromatic rings. The number of benzene rings is 2. The quantitative estimate of drug-likeness (QED) is 0.684. The Morgan fingerprint density at radius 1 is 1.11 bits per heavy atom. The fraction of sp³-hybridized carbons (Fsp3) is 0.238. The van der Waals surface area contributed by atoms with E-state index in [0.717, 1.165) is 5.56 Å². The minimum absolute atomic E-state index is 0.171. The molecule has 0 aliphatic heterocycles. The molecule has 0 saturated carbocycles. The lowest BCUT2D eigenvalue weighted by atomic mass is 10.1. The maximum absolute atomic E-state index is 13.5. The van der Waals surface area contributed by atoms with Gasteiger partial charge in [-0.05, 0) is 37.3 Å². The number of halogens is 1. The monoisotopic (exact) mass is 368 g/mol. The van der Waals surface area contributed by atoms with Crippen LogP contribution in [-0.4, -0.2) is 37.1 Å². The highest BCUT2D eigenvalue weighted by Gasteiger charge is 2.18. The van der Waals surface area contributed by atoms with Crippen LogP contribution in [0.1, 0.15) is 21.6 Å². The van der Waals surface area contributed by atoms with E-state index in [-0.39, 0.29) is 11.7 Å². The van der Waals surface area contributed by atoms with Gasteiger partial charge in [0.2, 0.25) is 0 Å². The number of amides is 1. The highest BCUT2D eigenvalue weighted by atomic mass is 19.1. The van der Waals surface area contributed by atoms with E-state index in [1.54, 1.807) is 51.3 Å². The first-order chi connectivity index (χ1) is 12.9. The Balaban J connectivity index is 1.94. The van der Waals surface area contributed by atoms with E-state index in [1.165, 1.54) is 12.1 Å². The summed E-state index contributed by atoms with van der Waals surface area (Å²) in [6.07, 6.45) is 0. The lowest BCUT2D eigenvalue weighted by Gasteiger charge is -2.20. The molecule has 2 aromatic carbocycles. The molecule has 140 valence electrons. The van der Waals surface area contributed by atoms with Crippen molar-refractivity contribution in [2.75, 3.05) is 21.3 Å². The number of carbonyl (C=O) groups is 1. The summed E-state index contributed by atoms with van der Waals surface area (Å²) in [5.41, 5.74) is 2.48. The normalized spacial score (nSPS) is 10.7. The second-order valence-electron chi connectivity index (χ2n) is 6.31. The van der Waals surface area contributed by atoms with Crippen LogP contribution in [0, 0.1) is 12.7 Å². The van der Waals surface area contributed by atoms with Crippen molar-refractivity contribution in [3.05, 3.63) is 65.1 Å². The van der Waals surface area contributed by atoms with Crippen LogP contribution in [0.4, 0.5) is 4.39 Å². The number of ether oxygens (including phenoxy) is 2. The van der Waals surface area contributed by atoms with Crippen molar-refractivity contribution in [1.29, 1.82) is 0 Å². The molecule has 5 nitrogen and oxygen atoms in total. The molecule has 0 radical (unpaired) electrons. The predicted molar refractivity (Wildman–Crippen MR) is 102 cm³/mol. The van der Waals surface area contributed by atoms with Crippen LogP contribution in [0.3, 0.4) is 0 Å². The van der Waals surface area contributed by atoms with Gasteiger partial charge in [0, 0.05) is 42.4 Å². The molecule has 0 unspecified atom stereocenters. The first kappa shape index (κ1) is 18.6. The predicted octanol–water partition coefficient (Wildman–Crippen LogP) is 3.97. The molecule has 0 spiro atoms. The van der Waals surface area contributed by atoms with Crippen LogP contribution in [0.15, 0.2) is 42.5 Å². The summed E-state index contributed by atoms with van der Waals surface area (Å²) < 4.78 is 24.1. The first-order valence-corrected chi connectivity index (χ1v) is 8.46. The summed E-state index contributed by atoms with van der Waals surface area (Å²) in [5, 5.41) is 0.626. The summed E-state index contributed by atoms with van der Waals surface area (Å²) in [6, 6.07) is 11.5. The number of hydrogen-bond donors (Lipinski definition) is 0. The lowest BCUT2D eigenvalue weighted by molar-refractivity contribution is 0.0786. The zero-order chi connectivity index (χ0) is 19.6. The fourth-order valence-corrected chi connectivity index (χ4v) is 3.03. The van der Waals surface area contributed by atoms with Gasteiger partial charge in [0.15, 0.2) is 0 Å². The van der Waals surface area contributed by atoms with Gasteiger partial charge in [-0.15, -0.1) is 0 Å². The number of carbonyl (C=O) groups excluding carboxylic acids is 1. The van der Waals surface area contributed by atoms with Crippen molar-refractivity contribution in [1.82, 2.24) is 9.88 Å². The molecule has 0 aliphatic rings. The summed E-state index contributed by atoms with van der Waals surface area (Å²) in [7, 11) is 4.88. The van der Waals surface area contributed by atoms with E-state index in [9.17, 15) is 9.18 Å². The Morgan fingerprint density at radius 2 is 1.89 bits per heavy atom. The number of hydrogen-bond acceptors (Lipinski definition) is 4. The number of nitrogens with zero attached hydrogens (tertiary/aromatic N) is 2. The third-order valence-electron chi connectivity index (χ3n) is 4.38. The molecular formula is C21H21FN2O3. The lowest BCUT2D eigenvalue weighted by Crippen LogP contribution is -2.26. The molecule has 0 saturated heterocycles. The second-order valence-corrected chi connectivity index (χ2v) is 6.31. The second kappa shape index (κ2) is 7.61. The molecule has 0 N–H and O–H groups in total. The van der Waals surface area contributed by atoms with E-state index in [0.29, 0.717) is 40.2 Å². The SMILES string of the molecule is COc1ccc(CN(C)C(=O)c2cc(C)nc3cc(F)ccc23)c(OC)c1. The molecule has 1 amide bonds. The van der Waals surface area contributed by atoms with Gasteiger partial charge < -0.3 is 14.4 Å². The van der Waals surface area contributed by atoms with Gasteiger partial charge in [-0.25, -0.2) is 4.39 Å². The van der Waals surface area contributed by atoms with E-state index < -0.39 is 0 Å². The van der Waals surface area contributed by atoms with E-state index in [1.807, 2.05) is 12.1 Å². The van der Waals surface area contributed by atoms with Crippen LogP contribution in [-0.2, 0) is 6.54 Å². The standard InChI is InChI=1S/C21H21FN2O3/c1-13-9-18(17-8-6-15(22)10-19(17)23-13)21(25)24(2)12-14-5-7-16(26-3)11-20(14)27-4/h5-11H,12H2,1-4H3. The number of methoxy groups -OCH3 is 2. The largest absolute Gasteiger partial charge is 0.497 e. The molecule has 1 aromatic heterocycles. The van der Waals surface area contributed by atoms with Gasteiger partial charge in [-0.1, -0.05) is 0 Å². The average molecular weight is 368 g/mol. The minimum Gasteiger partial charge on any atom is -0.497 e. The number of rotatable bonds is 5. The van der Waals surface area contributed by atoms with Crippen molar-refractivity contribution in [3.8, 4) is 11.5 Å². The van der Waals surface area contributed by atoms with E-state index in [4.69, 9.17) is 9.47 Å². The van der Waals surface area contributed by atoms with Crippen LogP contribution >= 0.6 is 0 Å². The number of pyridine rings is 1. The van der Waals surface area contributed by atoms with Gasteiger partial charge in [-0.3, -0.25) is 9.78 Å². The van der Waals surface area contributed by atoms with Crippen LogP contribution in [0.2, 0.25) is 0 Å². The summed E-state index contributed by atoms with van der Waals surface area (Å²) in [6.45, 7) is 2.14. The molecule has 1 heterocycles. The molecule has 0 aliphatic carbocycles. The van der Waals surface area contributed by atoms with Crippen molar-refractivity contribution in [2.45, 2.75) is 13.5 Å². The van der Waals surface area contributed by atoms with Crippen molar-refractivity contribution < 1.29 is 18.7 Å².